The molecule has 0 aromatic carbocycles. The van der Waals surface area contributed by atoms with Crippen molar-refractivity contribution in [1.82, 2.24) is 25.1 Å². The number of halogens is 1. The summed E-state index contributed by atoms with van der Waals surface area (Å²) in [4.78, 5) is 39.0. The summed E-state index contributed by atoms with van der Waals surface area (Å²) in [6.45, 7) is 10.7. The molecule has 11 heteroatoms. The average molecular weight is 471 g/mol. The first-order valence-corrected chi connectivity index (χ1v) is 12.0. The predicted octanol–water partition coefficient (Wildman–Crippen LogP) is 1.12. The van der Waals surface area contributed by atoms with Gasteiger partial charge in [-0.3, -0.25) is 14.5 Å². The van der Waals surface area contributed by atoms with Crippen LogP contribution in [-0.4, -0.2) is 102 Å². The minimum atomic E-state index is -0.0409. The van der Waals surface area contributed by atoms with E-state index in [4.69, 9.17) is 16.3 Å². The Bertz CT molecular complexity index is 764. The molecule has 0 saturated carbocycles. The highest BCUT2D eigenvalue weighted by Gasteiger charge is 2.26. The van der Waals surface area contributed by atoms with Crippen molar-refractivity contribution in [3.8, 4) is 0 Å². The van der Waals surface area contributed by atoms with Crippen molar-refractivity contribution in [2.75, 3.05) is 69.7 Å². The molecule has 1 atom stereocenters. The summed E-state index contributed by atoms with van der Waals surface area (Å²) < 4.78 is 5.34. The smallest absolute Gasteiger partial charge is 0.230 e. The lowest BCUT2D eigenvalue weighted by molar-refractivity contribution is -0.131. The van der Waals surface area contributed by atoms with Gasteiger partial charge in [0.1, 0.15) is 11.0 Å². The summed E-state index contributed by atoms with van der Waals surface area (Å²) >= 11 is 7.48. The third-order valence-corrected chi connectivity index (χ3v) is 6.47. The molecule has 1 aromatic heterocycles. The number of amides is 2. The van der Waals surface area contributed by atoms with Crippen LogP contribution in [0.3, 0.4) is 0 Å². The summed E-state index contributed by atoms with van der Waals surface area (Å²) in [7, 11) is 0. The highest BCUT2D eigenvalue weighted by Crippen LogP contribution is 2.24. The normalized spacial score (nSPS) is 20.0. The van der Waals surface area contributed by atoms with Gasteiger partial charge in [0.25, 0.3) is 0 Å². The number of nitrogens with one attached hydrogen (secondary N) is 1. The number of thioether (sulfide) groups is 1. The minimum absolute atomic E-state index is 0.0409. The van der Waals surface area contributed by atoms with E-state index in [0.29, 0.717) is 36.5 Å². The lowest BCUT2D eigenvalue weighted by atomic mass is 10.2. The molecule has 3 heterocycles. The van der Waals surface area contributed by atoms with Crippen molar-refractivity contribution in [1.29, 1.82) is 0 Å². The van der Waals surface area contributed by atoms with Gasteiger partial charge in [0.05, 0.1) is 19.0 Å². The van der Waals surface area contributed by atoms with Crippen molar-refractivity contribution in [2.24, 2.45) is 0 Å². The monoisotopic (exact) mass is 470 g/mol. The molecule has 2 aliphatic rings. The Morgan fingerprint density at radius 3 is 2.74 bits per heavy atom. The Morgan fingerprint density at radius 2 is 2.03 bits per heavy atom. The topological polar surface area (TPSA) is 90.9 Å². The number of hydrogen-bond acceptors (Lipinski definition) is 8. The lowest BCUT2D eigenvalue weighted by Gasteiger charge is -2.40. The van der Waals surface area contributed by atoms with Gasteiger partial charge in [-0.05, 0) is 19.9 Å². The number of rotatable bonds is 8. The molecule has 2 saturated heterocycles. The van der Waals surface area contributed by atoms with Gasteiger partial charge >= 0.3 is 0 Å². The van der Waals surface area contributed by atoms with E-state index in [2.05, 4.69) is 25.1 Å². The zero-order valence-electron chi connectivity index (χ0n) is 18.2. The molecule has 2 aliphatic heterocycles. The maximum atomic E-state index is 12.2. The van der Waals surface area contributed by atoms with Crippen molar-refractivity contribution in [2.45, 2.75) is 31.5 Å². The van der Waals surface area contributed by atoms with Gasteiger partial charge in [0.15, 0.2) is 5.16 Å². The molecule has 0 bridgehead atoms. The number of carbonyl (C=O) groups excluding carboxylic acids is 2. The van der Waals surface area contributed by atoms with E-state index < -0.39 is 0 Å². The SMILES string of the molecule is CC(=O)N1CCN(c2cc(Cl)nc(SCC(=O)NCCCN3CCOCC3)n2)CC1C. The highest BCUT2D eigenvalue weighted by atomic mass is 35.5. The standard InChI is InChI=1S/C20H31ClN6O3S/c1-15-13-26(6-7-27(15)16(2)28)18-12-17(21)23-20(24-18)31-14-19(29)22-4-3-5-25-8-10-30-11-9-25/h12,15H,3-11,13-14H2,1-2H3,(H,22,29). The number of carbonyl (C=O) groups is 2. The second-order valence-corrected chi connectivity index (χ2v) is 9.11. The van der Waals surface area contributed by atoms with Crippen LogP contribution in [-0.2, 0) is 14.3 Å². The number of nitrogens with zero attached hydrogens (tertiary/aromatic N) is 5. The summed E-state index contributed by atoms with van der Waals surface area (Å²) in [5, 5.41) is 3.78. The third kappa shape index (κ3) is 7.48. The number of ether oxygens (including phenoxy) is 1. The second-order valence-electron chi connectivity index (χ2n) is 7.79. The molecule has 2 fully saturated rings. The van der Waals surface area contributed by atoms with Crippen molar-refractivity contribution < 1.29 is 14.3 Å². The zero-order chi connectivity index (χ0) is 22.2. The molecule has 172 valence electrons. The van der Waals surface area contributed by atoms with E-state index in [9.17, 15) is 9.59 Å². The molecule has 3 rings (SSSR count). The Morgan fingerprint density at radius 1 is 1.26 bits per heavy atom. The van der Waals surface area contributed by atoms with Crippen LogP contribution >= 0.6 is 23.4 Å². The van der Waals surface area contributed by atoms with Crippen LogP contribution in [0.25, 0.3) is 0 Å². The Balaban J connectivity index is 1.43. The van der Waals surface area contributed by atoms with Crippen molar-refractivity contribution >= 4 is 41.0 Å². The van der Waals surface area contributed by atoms with E-state index in [1.165, 1.54) is 11.8 Å². The summed E-state index contributed by atoms with van der Waals surface area (Å²) in [5.74, 6) is 1.01. The minimum Gasteiger partial charge on any atom is -0.379 e. The number of hydrogen-bond donors (Lipinski definition) is 1. The summed E-state index contributed by atoms with van der Waals surface area (Å²) in [5.41, 5.74) is 0. The number of anilines is 1. The molecule has 1 unspecified atom stereocenters. The van der Waals surface area contributed by atoms with Gasteiger partial charge in [-0.25, -0.2) is 9.97 Å². The summed E-state index contributed by atoms with van der Waals surface area (Å²) in [6, 6.07) is 1.83. The van der Waals surface area contributed by atoms with Crippen LogP contribution in [0.15, 0.2) is 11.2 Å². The van der Waals surface area contributed by atoms with Crippen LogP contribution in [0.2, 0.25) is 5.15 Å². The van der Waals surface area contributed by atoms with Gasteiger partial charge in [-0.2, -0.15) is 0 Å². The maximum absolute atomic E-state index is 12.2. The Kier molecular flexibility index (Phi) is 9.18. The predicted molar refractivity (Wildman–Crippen MR) is 122 cm³/mol. The van der Waals surface area contributed by atoms with Gasteiger partial charge in [-0.15, -0.1) is 0 Å². The molecule has 0 aliphatic carbocycles. The van der Waals surface area contributed by atoms with Crippen molar-refractivity contribution in [3.63, 3.8) is 0 Å². The fourth-order valence-corrected chi connectivity index (χ4v) is 4.69. The van der Waals surface area contributed by atoms with Gasteiger partial charge in [0.2, 0.25) is 11.8 Å². The lowest BCUT2D eigenvalue weighted by Crippen LogP contribution is -2.53. The first-order chi connectivity index (χ1) is 14.9. The molecule has 0 spiro atoms. The van der Waals surface area contributed by atoms with Crippen LogP contribution in [0, 0.1) is 0 Å². The number of piperazine rings is 1. The van der Waals surface area contributed by atoms with E-state index in [1.807, 2.05) is 11.8 Å². The number of aromatic nitrogens is 2. The van der Waals surface area contributed by atoms with E-state index >= 15 is 0 Å². The van der Waals surface area contributed by atoms with E-state index in [-0.39, 0.29) is 23.6 Å². The maximum Gasteiger partial charge on any atom is 0.230 e. The molecular formula is C20H31ClN6O3S. The summed E-state index contributed by atoms with van der Waals surface area (Å²) in [6.07, 6.45) is 0.915. The van der Waals surface area contributed by atoms with Gasteiger partial charge in [0, 0.05) is 58.3 Å². The molecule has 1 aromatic rings. The first-order valence-electron chi connectivity index (χ1n) is 10.7. The fraction of sp³-hybridized carbons (Fsp3) is 0.700. The molecule has 0 radical (unpaired) electrons. The molecule has 2 amide bonds. The van der Waals surface area contributed by atoms with Crippen LogP contribution in [0.4, 0.5) is 5.82 Å². The first kappa shape index (κ1) is 24.0. The molecule has 9 nitrogen and oxygen atoms in total. The fourth-order valence-electron chi connectivity index (χ4n) is 3.78. The molecule has 31 heavy (non-hydrogen) atoms. The van der Waals surface area contributed by atoms with Crippen LogP contribution < -0.4 is 10.2 Å². The number of morpholine rings is 1. The quantitative estimate of drug-likeness (QED) is 0.261. The molecule has 1 N–H and O–H groups in total. The average Bonchev–Trinajstić information content (AvgIpc) is 2.75. The molecular weight excluding hydrogens is 440 g/mol. The van der Waals surface area contributed by atoms with Crippen LogP contribution in [0.5, 0.6) is 0 Å². The Labute approximate surface area is 192 Å². The van der Waals surface area contributed by atoms with Crippen molar-refractivity contribution in [3.05, 3.63) is 11.2 Å². The third-order valence-electron chi connectivity index (χ3n) is 5.43. The largest absolute Gasteiger partial charge is 0.379 e. The second kappa shape index (κ2) is 11.8. The highest BCUT2D eigenvalue weighted by molar-refractivity contribution is 7.99. The van der Waals surface area contributed by atoms with Gasteiger partial charge in [-0.1, -0.05) is 23.4 Å². The van der Waals surface area contributed by atoms with E-state index in [1.54, 1.807) is 13.0 Å². The zero-order valence-corrected chi connectivity index (χ0v) is 19.8. The Hall–Kier alpha value is -1.62. The van der Waals surface area contributed by atoms with E-state index in [0.717, 1.165) is 45.1 Å². The van der Waals surface area contributed by atoms with Gasteiger partial charge < -0.3 is 19.9 Å². The van der Waals surface area contributed by atoms with Crippen LogP contribution in [0.1, 0.15) is 20.3 Å².